The number of rotatable bonds is 11. The average molecular weight is 551 g/mol. The van der Waals surface area contributed by atoms with E-state index in [4.69, 9.17) is 14.2 Å². The van der Waals surface area contributed by atoms with Crippen LogP contribution in [0.2, 0.25) is 0 Å². The Bertz CT molecular complexity index is 1050. The summed E-state index contributed by atoms with van der Waals surface area (Å²) in [5, 5.41) is 4.39. The number of para-hydroxylation sites is 1. The number of hydrogen-bond acceptors (Lipinski definition) is 6. The highest BCUT2D eigenvalue weighted by molar-refractivity contribution is 6.00. The summed E-state index contributed by atoms with van der Waals surface area (Å²) >= 11 is 0. The van der Waals surface area contributed by atoms with Crippen molar-refractivity contribution in [2.75, 3.05) is 59.7 Å². The summed E-state index contributed by atoms with van der Waals surface area (Å²) in [5.41, 5.74) is 1.53. The van der Waals surface area contributed by atoms with Crippen molar-refractivity contribution in [2.24, 2.45) is 0 Å². The third-order valence-electron chi connectivity index (χ3n) is 7.25. The van der Waals surface area contributed by atoms with Crippen LogP contribution in [-0.2, 0) is 20.8 Å². The number of nitrogens with one attached hydrogen (secondary N) is 1. The first-order chi connectivity index (χ1) is 18.0. The fraction of sp³-hybridized carbons (Fsp3) is 0.643. The summed E-state index contributed by atoms with van der Waals surface area (Å²) in [6.45, 7) is 9.57. The number of unbranched alkanes of at least 4 members (excludes halogenated alkanes) is 1. The van der Waals surface area contributed by atoms with Crippen molar-refractivity contribution in [1.29, 1.82) is 0 Å². The first kappa shape index (κ1) is 30.2. The van der Waals surface area contributed by atoms with Crippen molar-refractivity contribution in [2.45, 2.75) is 58.2 Å². The molecule has 212 valence electrons. The van der Waals surface area contributed by atoms with E-state index in [1.165, 1.54) is 0 Å². The Balaban J connectivity index is 0.00000400. The normalized spacial score (nSPS) is 17.9. The van der Waals surface area contributed by atoms with Crippen LogP contribution in [0.1, 0.15) is 50.0 Å². The van der Waals surface area contributed by atoms with Gasteiger partial charge >= 0.3 is 0 Å². The van der Waals surface area contributed by atoms with Gasteiger partial charge in [0.2, 0.25) is 0 Å². The van der Waals surface area contributed by atoms with E-state index in [0.29, 0.717) is 50.9 Å². The minimum Gasteiger partial charge on any atom is -0.482 e. The van der Waals surface area contributed by atoms with Crippen LogP contribution in [-0.4, -0.2) is 98.0 Å². The number of benzene rings is 1. The minimum atomic E-state index is -0.0504. The molecule has 0 saturated carbocycles. The SMILES string of the molecule is COCCCCn1c(C(=O)N(C(C)C)[C@@H]2CCCNC2)cc2cccc(OCC(=O)N3CCOCC3)c21.Cl. The van der Waals surface area contributed by atoms with Crippen LogP contribution in [0.5, 0.6) is 5.75 Å². The third kappa shape index (κ3) is 7.20. The molecule has 1 aromatic carbocycles. The summed E-state index contributed by atoms with van der Waals surface area (Å²) < 4.78 is 18.8. The molecule has 0 radical (unpaired) electrons. The van der Waals surface area contributed by atoms with Gasteiger partial charge in [0, 0.05) is 57.4 Å². The molecule has 0 aliphatic carbocycles. The highest BCUT2D eigenvalue weighted by Gasteiger charge is 2.31. The second kappa shape index (κ2) is 14.7. The number of aromatic nitrogens is 1. The largest absolute Gasteiger partial charge is 0.482 e. The van der Waals surface area contributed by atoms with Crippen LogP contribution in [0.4, 0.5) is 0 Å². The number of fused-ring (bicyclic) bond motifs is 1. The van der Waals surface area contributed by atoms with Crippen LogP contribution in [0.3, 0.4) is 0 Å². The maximum atomic E-state index is 14.1. The highest BCUT2D eigenvalue weighted by atomic mass is 35.5. The number of piperidine rings is 1. The molecule has 1 aromatic heterocycles. The zero-order valence-corrected chi connectivity index (χ0v) is 23.8. The Labute approximate surface area is 232 Å². The molecule has 2 aliphatic rings. The van der Waals surface area contributed by atoms with E-state index in [0.717, 1.165) is 49.7 Å². The van der Waals surface area contributed by atoms with E-state index in [2.05, 4.69) is 23.7 Å². The number of carbonyl (C=O) groups is 2. The van der Waals surface area contributed by atoms with E-state index < -0.39 is 0 Å². The molecule has 9 nitrogen and oxygen atoms in total. The Morgan fingerprint density at radius 3 is 2.68 bits per heavy atom. The standard InChI is InChI=1S/C28H42N4O5.ClH/c1-21(2)32(23-9-7-11-29-19-23)28(34)24-18-22-8-6-10-25(27(22)31(24)12-4-5-15-35-3)37-20-26(33)30-13-16-36-17-14-30;/h6,8,10,18,21,23,29H,4-5,7,9,11-17,19-20H2,1-3H3;1H/t23-;/m1./s1. The van der Waals surface area contributed by atoms with Crippen molar-refractivity contribution in [3.05, 3.63) is 30.0 Å². The van der Waals surface area contributed by atoms with E-state index in [9.17, 15) is 9.59 Å². The van der Waals surface area contributed by atoms with Gasteiger partial charge in [-0.25, -0.2) is 0 Å². The molecule has 4 rings (SSSR count). The molecule has 2 saturated heterocycles. The molecule has 1 N–H and O–H groups in total. The topological polar surface area (TPSA) is 85.3 Å². The lowest BCUT2D eigenvalue weighted by Crippen LogP contribution is -2.52. The maximum absolute atomic E-state index is 14.1. The lowest BCUT2D eigenvalue weighted by atomic mass is 10.0. The van der Waals surface area contributed by atoms with Gasteiger partial charge in [0.15, 0.2) is 6.61 Å². The fourth-order valence-corrected chi connectivity index (χ4v) is 5.40. The van der Waals surface area contributed by atoms with Gasteiger partial charge in [-0.3, -0.25) is 9.59 Å². The van der Waals surface area contributed by atoms with Crippen molar-refractivity contribution in [3.63, 3.8) is 0 Å². The van der Waals surface area contributed by atoms with Crippen molar-refractivity contribution >= 4 is 35.1 Å². The third-order valence-corrected chi connectivity index (χ3v) is 7.25. The number of morpholine rings is 1. The molecule has 38 heavy (non-hydrogen) atoms. The lowest BCUT2D eigenvalue weighted by molar-refractivity contribution is -0.137. The Morgan fingerprint density at radius 1 is 1.21 bits per heavy atom. The summed E-state index contributed by atoms with van der Waals surface area (Å²) in [6, 6.07) is 8.06. The van der Waals surface area contributed by atoms with Gasteiger partial charge in [-0.1, -0.05) is 12.1 Å². The molecular weight excluding hydrogens is 508 g/mol. The van der Waals surface area contributed by atoms with Gasteiger partial charge < -0.3 is 33.9 Å². The van der Waals surface area contributed by atoms with Crippen LogP contribution in [0, 0.1) is 0 Å². The second-order valence-electron chi connectivity index (χ2n) is 10.2. The number of halogens is 1. The quantitative estimate of drug-likeness (QED) is 0.432. The molecule has 0 bridgehead atoms. The zero-order valence-electron chi connectivity index (χ0n) is 22.9. The van der Waals surface area contributed by atoms with E-state index in [1.54, 1.807) is 12.0 Å². The second-order valence-corrected chi connectivity index (χ2v) is 10.2. The molecule has 0 spiro atoms. The predicted octanol–water partition coefficient (Wildman–Crippen LogP) is 3.33. The maximum Gasteiger partial charge on any atom is 0.271 e. The van der Waals surface area contributed by atoms with Gasteiger partial charge in [-0.2, -0.15) is 0 Å². The number of ether oxygens (including phenoxy) is 3. The van der Waals surface area contributed by atoms with Crippen LogP contribution in [0.25, 0.3) is 10.9 Å². The smallest absolute Gasteiger partial charge is 0.271 e. The van der Waals surface area contributed by atoms with Gasteiger partial charge in [0.1, 0.15) is 11.4 Å². The van der Waals surface area contributed by atoms with Gasteiger partial charge in [0.25, 0.3) is 11.8 Å². The van der Waals surface area contributed by atoms with E-state index in [-0.39, 0.29) is 42.9 Å². The van der Waals surface area contributed by atoms with Crippen molar-refractivity contribution < 1.29 is 23.8 Å². The number of methoxy groups -OCH3 is 1. The summed E-state index contributed by atoms with van der Waals surface area (Å²) in [4.78, 5) is 30.7. The molecule has 3 heterocycles. The van der Waals surface area contributed by atoms with Crippen molar-refractivity contribution in [3.8, 4) is 5.75 Å². The number of hydrogen-bond donors (Lipinski definition) is 1. The highest BCUT2D eigenvalue weighted by Crippen LogP contribution is 2.31. The van der Waals surface area contributed by atoms with Crippen LogP contribution in [0.15, 0.2) is 24.3 Å². The first-order valence-electron chi connectivity index (χ1n) is 13.6. The Hall–Kier alpha value is -2.33. The van der Waals surface area contributed by atoms with Gasteiger partial charge in [-0.15, -0.1) is 12.4 Å². The van der Waals surface area contributed by atoms with Crippen LogP contribution < -0.4 is 10.1 Å². The molecule has 2 aliphatic heterocycles. The number of aryl methyl sites for hydroxylation is 1. The number of amides is 2. The number of nitrogens with zero attached hydrogens (tertiary/aromatic N) is 3. The monoisotopic (exact) mass is 550 g/mol. The van der Waals surface area contributed by atoms with E-state index >= 15 is 0 Å². The van der Waals surface area contributed by atoms with Crippen molar-refractivity contribution in [1.82, 2.24) is 19.7 Å². The minimum absolute atomic E-state index is 0. The number of carbonyl (C=O) groups excluding carboxylic acids is 2. The lowest BCUT2D eigenvalue weighted by Gasteiger charge is -2.37. The Kier molecular flexibility index (Phi) is 11.7. The molecule has 2 amide bonds. The summed E-state index contributed by atoms with van der Waals surface area (Å²) in [6.07, 6.45) is 3.83. The van der Waals surface area contributed by atoms with Gasteiger partial charge in [0.05, 0.1) is 18.7 Å². The molecule has 1 atom stereocenters. The molecule has 2 fully saturated rings. The van der Waals surface area contributed by atoms with Gasteiger partial charge in [-0.05, 0) is 58.2 Å². The van der Waals surface area contributed by atoms with Crippen LogP contribution >= 0.6 is 12.4 Å². The molecule has 0 unspecified atom stereocenters. The summed E-state index contributed by atoms with van der Waals surface area (Å²) in [5.74, 6) is 0.618. The fourth-order valence-electron chi connectivity index (χ4n) is 5.40. The molecule has 2 aromatic rings. The first-order valence-corrected chi connectivity index (χ1v) is 13.6. The zero-order chi connectivity index (χ0) is 26.2. The Morgan fingerprint density at radius 2 is 2.00 bits per heavy atom. The predicted molar refractivity (Wildman–Crippen MR) is 150 cm³/mol. The van der Waals surface area contributed by atoms with E-state index in [1.807, 2.05) is 29.2 Å². The molecular formula is C28H43ClN4O5. The molecule has 10 heteroatoms. The summed E-state index contributed by atoms with van der Waals surface area (Å²) in [7, 11) is 1.70. The average Bonchev–Trinajstić information content (AvgIpc) is 3.30.